The van der Waals surface area contributed by atoms with E-state index in [-0.39, 0.29) is 9.52 Å². The molecular formula is C9H18OSi. The second-order valence-corrected chi connectivity index (χ2v) is 6.41. The van der Waals surface area contributed by atoms with Gasteiger partial charge in [-0.3, -0.25) is 0 Å². The Balaban J connectivity index is 1.59. The van der Waals surface area contributed by atoms with Crippen molar-refractivity contribution < 1.29 is 4.74 Å². The largest absolute Gasteiger partial charge is 0.381 e. The van der Waals surface area contributed by atoms with E-state index < -0.39 is 0 Å². The van der Waals surface area contributed by atoms with Crippen LogP contribution in [0.5, 0.6) is 0 Å². The van der Waals surface area contributed by atoms with Crippen LogP contribution in [0.15, 0.2) is 0 Å². The third-order valence-electron chi connectivity index (χ3n) is 2.93. The van der Waals surface area contributed by atoms with Gasteiger partial charge in [-0.1, -0.05) is 18.9 Å². The van der Waals surface area contributed by atoms with Gasteiger partial charge < -0.3 is 4.74 Å². The Morgan fingerprint density at radius 3 is 2.82 bits per heavy atom. The number of rotatable bonds is 3. The van der Waals surface area contributed by atoms with E-state index in [0.717, 1.165) is 18.8 Å². The van der Waals surface area contributed by atoms with Crippen molar-refractivity contribution in [1.29, 1.82) is 0 Å². The first kappa shape index (κ1) is 7.81. The van der Waals surface area contributed by atoms with E-state index in [9.17, 15) is 0 Å². The van der Waals surface area contributed by atoms with Gasteiger partial charge in [-0.15, -0.1) is 0 Å². The lowest BCUT2D eigenvalue weighted by Gasteiger charge is -2.21. The SMILES string of the molecule is C1COCC([SiH2]CC2CC2)C1. The summed E-state index contributed by atoms with van der Waals surface area (Å²) in [7, 11) is 0.256. The topological polar surface area (TPSA) is 9.23 Å². The Morgan fingerprint density at radius 1 is 1.27 bits per heavy atom. The molecule has 1 nitrogen and oxygen atoms in total. The van der Waals surface area contributed by atoms with Crippen LogP contribution in [0.2, 0.25) is 11.6 Å². The van der Waals surface area contributed by atoms with E-state index in [0.29, 0.717) is 0 Å². The Labute approximate surface area is 71.3 Å². The van der Waals surface area contributed by atoms with Gasteiger partial charge >= 0.3 is 0 Å². The van der Waals surface area contributed by atoms with Crippen molar-refractivity contribution in [1.82, 2.24) is 0 Å². The highest BCUT2D eigenvalue weighted by Crippen LogP contribution is 2.34. The van der Waals surface area contributed by atoms with Crippen LogP contribution in [-0.4, -0.2) is 22.7 Å². The van der Waals surface area contributed by atoms with Gasteiger partial charge in [0.25, 0.3) is 0 Å². The van der Waals surface area contributed by atoms with Crippen molar-refractivity contribution in [2.24, 2.45) is 5.92 Å². The maximum absolute atomic E-state index is 5.47. The molecular weight excluding hydrogens is 152 g/mol. The molecule has 2 fully saturated rings. The Morgan fingerprint density at radius 2 is 2.18 bits per heavy atom. The molecule has 1 heterocycles. The highest BCUT2D eigenvalue weighted by molar-refractivity contribution is 6.37. The van der Waals surface area contributed by atoms with Gasteiger partial charge in [0.15, 0.2) is 0 Å². The summed E-state index contributed by atoms with van der Waals surface area (Å²) in [6, 6.07) is 1.62. The molecule has 1 unspecified atom stereocenters. The van der Waals surface area contributed by atoms with Crippen LogP contribution >= 0.6 is 0 Å². The second kappa shape index (κ2) is 3.72. The van der Waals surface area contributed by atoms with E-state index in [1.165, 1.54) is 18.8 Å². The first-order valence-electron chi connectivity index (χ1n) is 5.03. The molecule has 11 heavy (non-hydrogen) atoms. The summed E-state index contributed by atoms with van der Waals surface area (Å²) in [5.41, 5.74) is 1.05. The predicted octanol–water partition coefficient (Wildman–Crippen LogP) is 1.58. The van der Waals surface area contributed by atoms with Gasteiger partial charge in [0, 0.05) is 22.7 Å². The molecule has 2 rings (SSSR count). The quantitative estimate of drug-likeness (QED) is 0.584. The zero-order valence-corrected chi connectivity index (χ0v) is 8.63. The monoisotopic (exact) mass is 170 g/mol. The summed E-state index contributed by atoms with van der Waals surface area (Å²) >= 11 is 0. The molecule has 1 atom stereocenters. The van der Waals surface area contributed by atoms with Crippen molar-refractivity contribution in [3.05, 3.63) is 0 Å². The van der Waals surface area contributed by atoms with E-state index in [1.807, 2.05) is 0 Å². The first-order valence-corrected chi connectivity index (χ1v) is 6.84. The Kier molecular flexibility index (Phi) is 2.64. The highest BCUT2D eigenvalue weighted by Gasteiger charge is 2.23. The lowest BCUT2D eigenvalue weighted by Crippen LogP contribution is -2.17. The molecule has 1 aliphatic carbocycles. The van der Waals surface area contributed by atoms with E-state index in [4.69, 9.17) is 4.74 Å². The first-order chi connectivity index (χ1) is 5.45. The molecule has 1 saturated heterocycles. The normalized spacial score (nSPS) is 33.3. The number of ether oxygens (including phenoxy) is 1. The molecule has 2 heteroatoms. The van der Waals surface area contributed by atoms with Crippen molar-refractivity contribution in [3.63, 3.8) is 0 Å². The van der Waals surface area contributed by atoms with Gasteiger partial charge in [-0.25, -0.2) is 0 Å². The fourth-order valence-corrected chi connectivity index (χ4v) is 4.34. The summed E-state index contributed by atoms with van der Waals surface area (Å²) in [6.45, 7) is 2.15. The van der Waals surface area contributed by atoms with Crippen molar-refractivity contribution >= 4 is 9.52 Å². The standard InChI is InChI=1S/C9H18OSi/c1-2-9(6-10-5-1)11-7-8-3-4-8/h8-9H,1-7,11H2. The summed E-state index contributed by atoms with van der Waals surface area (Å²) in [6.07, 6.45) is 5.91. The van der Waals surface area contributed by atoms with Crippen molar-refractivity contribution in [2.75, 3.05) is 13.2 Å². The summed E-state index contributed by atoms with van der Waals surface area (Å²) < 4.78 is 5.47. The fourth-order valence-electron chi connectivity index (χ4n) is 1.91. The molecule has 0 aromatic rings. The van der Waals surface area contributed by atoms with Crippen molar-refractivity contribution in [3.8, 4) is 0 Å². The Hall–Kier alpha value is 0.177. The third-order valence-corrected chi connectivity index (χ3v) is 5.54. The Bertz CT molecular complexity index is 117. The third kappa shape index (κ3) is 2.60. The molecule has 1 aliphatic heterocycles. The van der Waals surface area contributed by atoms with Gasteiger partial charge in [-0.05, 0) is 24.3 Å². The molecule has 0 aromatic carbocycles. The highest BCUT2D eigenvalue weighted by atomic mass is 28.2. The van der Waals surface area contributed by atoms with Gasteiger partial charge in [-0.2, -0.15) is 0 Å². The minimum absolute atomic E-state index is 0.256. The molecule has 0 bridgehead atoms. The van der Waals surface area contributed by atoms with Crippen LogP contribution in [0.25, 0.3) is 0 Å². The van der Waals surface area contributed by atoms with Crippen LogP contribution in [0.1, 0.15) is 25.7 Å². The molecule has 0 spiro atoms. The maximum atomic E-state index is 5.47. The van der Waals surface area contributed by atoms with Crippen LogP contribution in [0.4, 0.5) is 0 Å². The molecule has 64 valence electrons. The summed E-state index contributed by atoms with van der Waals surface area (Å²) in [4.78, 5) is 0. The average Bonchev–Trinajstić information content (AvgIpc) is 2.86. The van der Waals surface area contributed by atoms with Gasteiger partial charge in [0.1, 0.15) is 0 Å². The number of hydrogen-bond donors (Lipinski definition) is 0. The minimum atomic E-state index is 0.256. The van der Waals surface area contributed by atoms with Crippen molar-refractivity contribution in [2.45, 2.75) is 37.3 Å². The lowest BCUT2D eigenvalue weighted by atomic mass is 10.2. The molecule has 0 radical (unpaired) electrons. The smallest absolute Gasteiger partial charge is 0.0466 e. The van der Waals surface area contributed by atoms with Crippen LogP contribution in [0, 0.1) is 5.92 Å². The van der Waals surface area contributed by atoms with Crippen LogP contribution in [-0.2, 0) is 4.74 Å². The zero-order chi connectivity index (χ0) is 7.52. The number of hydrogen-bond acceptors (Lipinski definition) is 1. The predicted molar refractivity (Wildman–Crippen MR) is 49.9 cm³/mol. The molecule has 0 amide bonds. The molecule has 0 N–H and O–H groups in total. The van der Waals surface area contributed by atoms with E-state index >= 15 is 0 Å². The molecule has 1 saturated carbocycles. The fraction of sp³-hybridized carbons (Fsp3) is 1.00. The maximum Gasteiger partial charge on any atom is 0.0466 e. The van der Waals surface area contributed by atoms with Crippen LogP contribution in [0.3, 0.4) is 0 Å². The molecule has 2 aliphatic rings. The second-order valence-electron chi connectivity index (χ2n) is 4.10. The van der Waals surface area contributed by atoms with E-state index in [2.05, 4.69) is 0 Å². The summed E-state index contributed by atoms with van der Waals surface area (Å²) in [5.74, 6) is 1.17. The lowest BCUT2D eigenvalue weighted by molar-refractivity contribution is 0.0966. The van der Waals surface area contributed by atoms with Crippen LogP contribution < -0.4 is 0 Å². The minimum Gasteiger partial charge on any atom is -0.381 e. The van der Waals surface area contributed by atoms with Gasteiger partial charge in [0.05, 0.1) is 0 Å². The summed E-state index contributed by atoms with van der Waals surface area (Å²) in [5, 5.41) is 0. The zero-order valence-electron chi connectivity index (χ0n) is 7.22. The van der Waals surface area contributed by atoms with E-state index in [1.54, 1.807) is 18.9 Å². The average molecular weight is 170 g/mol. The van der Waals surface area contributed by atoms with Gasteiger partial charge in [0.2, 0.25) is 0 Å². The molecule has 0 aromatic heterocycles.